The summed E-state index contributed by atoms with van der Waals surface area (Å²) in [7, 11) is 0. The zero-order valence-electron chi connectivity index (χ0n) is 23.1. The number of aliphatic hydroxyl groups excluding tert-OH is 1. The lowest BCUT2D eigenvalue weighted by Crippen LogP contribution is -2.57. The number of aromatic nitrogens is 1. The summed E-state index contributed by atoms with van der Waals surface area (Å²) in [5.74, 6) is -3.05. The number of carboxylic acid groups (broad SMARTS) is 1. The number of unbranched alkanes of at least 4 members (excludes halogenated alkanes) is 1. The molecule has 220 valence electrons. The number of amides is 3. The van der Waals surface area contributed by atoms with Gasteiger partial charge in [-0.2, -0.15) is 0 Å². The molecule has 0 fully saturated rings. The van der Waals surface area contributed by atoms with Gasteiger partial charge in [-0.05, 0) is 56.3 Å². The van der Waals surface area contributed by atoms with E-state index in [4.69, 9.17) is 5.73 Å². The number of aryl methyl sites for hydroxylation is 1. The fraction of sp³-hybridized carbons (Fsp3) is 0.400. The Morgan fingerprint density at radius 3 is 2.27 bits per heavy atom. The van der Waals surface area contributed by atoms with Crippen LogP contribution in [0.3, 0.4) is 0 Å². The fourth-order valence-corrected chi connectivity index (χ4v) is 4.58. The molecule has 0 spiro atoms. The maximum atomic E-state index is 13.6. The Labute approximate surface area is 238 Å². The lowest BCUT2D eigenvalue weighted by molar-refractivity contribution is -0.145. The van der Waals surface area contributed by atoms with E-state index in [1.165, 1.54) is 6.92 Å². The van der Waals surface area contributed by atoms with Crippen molar-refractivity contribution in [2.45, 2.75) is 69.7 Å². The molecule has 3 aromatic rings. The van der Waals surface area contributed by atoms with Crippen LogP contribution >= 0.6 is 0 Å². The molecule has 2 aromatic carbocycles. The van der Waals surface area contributed by atoms with E-state index in [9.17, 15) is 29.4 Å². The Balaban J connectivity index is 1.79. The van der Waals surface area contributed by atoms with Crippen LogP contribution in [-0.4, -0.2) is 69.7 Å². The summed E-state index contributed by atoms with van der Waals surface area (Å²) >= 11 is 0. The second kappa shape index (κ2) is 15.5. The first-order valence-electron chi connectivity index (χ1n) is 13.8. The van der Waals surface area contributed by atoms with Gasteiger partial charge in [-0.1, -0.05) is 48.5 Å². The van der Waals surface area contributed by atoms with Gasteiger partial charge >= 0.3 is 5.97 Å². The number of para-hydroxylation sites is 1. The topological polar surface area (TPSA) is 187 Å². The van der Waals surface area contributed by atoms with Gasteiger partial charge in [0.2, 0.25) is 17.7 Å². The van der Waals surface area contributed by atoms with Gasteiger partial charge < -0.3 is 36.9 Å². The molecule has 0 saturated carbocycles. The van der Waals surface area contributed by atoms with Gasteiger partial charge in [-0.3, -0.25) is 14.4 Å². The molecular formula is C30H39N5O6. The van der Waals surface area contributed by atoms with Crippen LogP contribution in [0.2, 0.25) is 0 Å². The van der Waals surface area contributed by atoms with Crippen molar-refractivity contribution in [3.63, 3.8) is 0 Å². The van der Waals surface area contributed by atoms with E-state index >= 15 is 0 Å². The highest BCUT2D eigenvalue weighted by Crippen LogP contribution is 2.19. The number of nitrogens with two attached hydrogens (primary N) is 1. The van der Waals surface area contributed by atoms with Gasteiger partial charge in [0.1, 0.15) is 12.1 Å². The maximum absolute atomic E-state index is 13.6. The molecule has 11 heteroatoms. The summed E-state index contributed by atoms with van der Waals surface area (Å²) in [6.45, 7) is 1.64. The Hall–Kier alpha value is -4.22. The Bertz CT molecular complexity index is 1310. The third kappa shape index (κ3) is 9.44. The molecule has 1 heterocycles. The average Bonchev–Trinajstić information content (AvgIpc) is 3.36. The summed E-state index contributed by atoms with van der Waals surface area (Å²) in [6, 6.07) is 13.5. The molecule has 41 heavy (non-hydrogen) atoms. The van der Waals surface area contributed by atoms with Gasteiger partial charge in [-0.15, -0.1) is 0 Å². The zero-order valence-corrected chi connectivity index (χ0v) is 23.1. The number of H-pyrrole nitrogens is 1. The largest absolute Gasteiger partial charge is 0.480 e. The molecule has 4 atom stereocenters. The van der Waals surface area contributed by atoms with Crippen LogP contribution in [0.5, 0.6) is 0 Å². The first-order chi connectivity index (χ1) is 19.7. The molecule has 0 aliphatic heterocycles. The maximum Gasteiger partial charge on any atom is 0.328 e. The van der Waals surface area contributed by atoms with Crippen LogP contribution in [0.1, 0.15) is 43.7 Å². The van der Waals surface area contributed by atoms with Crippen molar-refractivity contribution < 1.29 is 29.4 Å². The lowest BCUT2D eigenvalue weighted by atomic mass is 10.0. The number of carboxylic acids is 1. The number of rotatable bonds is 16. The summed E-state index contributed by atoms with van der Waals surface area (Å²) in [4.78, 5) is 54.3. The number of nitrogens with one attached hydrogen (secondary N) is 4. The monoisotopic (exact) mass is 565 g/mol. The standard InChI is InChI=1S/C30H39N5O6/c1-19(36)27(30(40)41)35-28(38)24(13-7-8-16-31)34-29(39)25(17-21-18-32-23-12-6-5-11-22(21)23)33-26(37)15-14-20-9-3-2-4-10-20/h2-6,9-12,18-19,24-25,27,32,36H,7-8,13-17,31H2,1H3,(H,33,37)(H,34,39)(H,35,38)(H,40,41)/t19-,24+,25-,27+/m1/s1. The number of carbonyl (C=O) groups excluding carboxylic acids is 3. The number of aliphatic carboxylic acids is 1. The van der Waals surface area contributed by atoms with Gasteiger partial charge in [0.05, 0.1) is 6.10 Å². The quantitative estimate of drug-likeness (QED) is 0.128. The van der Waals surface area contributed by atoms with Gasteiger partial charge in [0.25, 0.3) is 0 Å². The van der Waals surface area contributed by atoms with E-state index in [1.54, 1.807) is 6.20 Å². The molecule has 0 radical (unpaired) electrons. The first kappa shape index (κ1) is 31.3. The molecule has 0 aliphatic rings. The number of fused-ring (bicyclic) bond motifs is 1. The van der Waals surface area contributed by atoms with Gasteiger partial charge in [0, 0.05) is 29.9 Å². The van der Waals surface area contributed by atoms with Gasteiger partial charge in [-0.25, -0.2) is 4.79 Å². The van der Waals surface area contributed by atoms with E-state index in [2.05, 4.69) is 20.9 Å². The molecule has 0 saturated heterocycles. The van der Waals surface area contributed by atoms with Gasteiger partial charge in [0.15, 0.2) is 6.04 Å². The normalized spacial score (nSPS) is 14.0. The number of aliphatic hydroxyl groups is 1. The SMILES string of the molecule is C[C@@H](O)[C@H](NC(=O)[C@H](CCCCN)NC(=O)[C@@H](Cc1c[nH]c2ccccc12)NC(=O)CCc1ccccc1)C(=O)O. The number of hydrogen-bond acceptors (Lipinski definition) is 6. The van der Waals surface area contributed by atoms with E-state index < -0.39 is 42.0 Å². The zero-order chi connectivity index (χ0) is 29.8. The average molecular weight is 566 g/mol. The van der Waals surface area contributed by atoms with Crippen molar-refractivity contribution in [2.24, 2.45) is 5.73 Å². The molecule has 11 nitrogen and oxygen atoms in total. The Morgan fingerprint density at radius 2 is 1.59 bits per heavy atom. The van der Waals surface area contributed by atoms with Crippen molar-refractivity contribution in [3.05, 3.63) is 71.9 Å². The van der Waals surface area contributed by atoms with Crippen LogP contribution < -0.4 is 21.7 Å². The third-order valence-electron chi connectivity index (χ3n) is 6.86. The minimum absolute atomic E-state index is 0.162. The summed E-state index contributed by atoms with van der Waals surface area (Å²) < 4.78 is 0. The smallest absolute Gasteiger partial charge is 0.328 e. The van der Waals surface area contributed by atoms with Crippen molar-refractivity contribution in [2.75, 3.05) is 6.54 Å². The summed E-state index contributed by atoms with van der Waals surface area (Å²) in [6.07, 6.45) is 2.54. The number of aromatic amines is 1. The minimum Gasteiger partial charge on any atom is -0.480 e. The molecular weight excluding hydrogens is 526 g/mol. The Kier molecular flexibility index (Phi) is 11.9. The second-order valence-corrected chi connectivity index (χ2v) is 10.1. The fourth-order valence-electron chi connectivity index (χ4n) is 4.58. The third-order valence-corrected chi connectivity index (χ3v) is 6.86. The van der Waals surface area contributed by atoms with E-state index in [0.29, 0.717) is 25.8 Å². The molecule has 1 aromatic heterocycles. The van der Waals surface area contributed by atoms with Crippen LogP contribution in [-0.2, 0) is 32.0 Å². The van der Waals surface area contributed by atoms with E-state index in [0.717, 1.165) is 22.0 Å². The van der Waals surface area contributed by atoms with Crippen LogP contribution in [0, 0.1) is 0 Å². The minimum atomic E-state index is -1.55. The molecule has 0 aliphatic carbocycles. The number of hydrogen-bond donors (Lipinski definition) is 7. The molecule has 8 N–H and O–H groups in total. The number of benzene rings is 2. The predicted octanol–water partition coefficient (Wildman–Crippen LogP) is 1.39. The number of carbonyl (C=O) groups is 4. The van der Waals surface area contributed by atoms with Crippen LogP contribution in [0.15, 0.2) is 60.8 Å². The van der Waals surface area contributed by atoms with E-state index in [1.807, 2.05) is 54.6 Å². The van der Waals surface area contributed by atoms with Crippen molar-refractivity contribution in [1.82, 2.24) is 20.9 Å². The molecule has 0 unspecified atom stereocenters. The highest BCUT2D eigenvalue weighted by Gasteiger charge is 2.31. The molecule has 3 rings (SSSR count). The summed E-state index contributed by atoms with van der Waals surface area (Å²) in [5, 5.41) is 28.0. The van der Waals surface area contributed by atoms with Crippen molar-refractivity contribution >= 4 is 34.6 Å². The molecule has 0 bridgehead atoms. The van der Waals surface area contributed by atoms with Crippen molar-refractivity contribution in [3.8, 4) is 0 Å². The second-order valence-electron chi connectivity index (χ2n) is 10.1. The Morgan fingerprint density at radius 1 is 0.902 bits per heavy atom. The molecule has 3 amide bonds. The van der Waals surface area contributed by atoms with Crippen LogP contribution in [0.4, 0.5) is 0 Å². The lowest BCUT2D eigenvalue weighted by Gasteiger charge is -2.25. The van der Waals surface area contributed by atoms with E-state index in [-0.39, 0.29) is 25.2 Å². The highest BCUT2D eigenvalue weighted by molar-refractivity contribution is 5.94. The predicted molar refractivity (Wildman–Crippen MR) is 155 cm³/mol. The first-order valence-corrected chi connectivity index (χ1v) is 13.8. The highest BCUT2D eigenvalue weighted by atomic mass is 16.4. The van der Waals surface area contributed by atoms with Crippen molar-refractivity contribution in [1.29, 1.82) is 0 Å². The summed E-state index contributed by atoms with van der Waals surface area (Å²) in [5.41, 5.74) is 8.28. The van der Waals surface area contributed by atoms with Crippen LogP contribution in [0.25, 0.3) is 10.9 Å².